The van der Waals surface area contributed by atoms with Crippen molar-refractivity contribution in [2.75, 3.05) is 30.7 Å². The number of hydrogen-bond donors (Lipinski definition) is 2. The number of thiophene rings is 1. The quantitative estimate of drug-likeness (QED) is 0.859. The first-order valence-corrected chi connectivity index (χ1v) is 6.83. The number of hydrogen-bond acceptors (Lipinski definition) is 5. The van der Waals surface area contributed by atoms with Crippen LogP contribution in [0.4, 0.5) is 10.7 Å². The van der Waals surface area contributed by atoms with E-state index in [0.29, 0.717) is 16.6 Å². The van der Waals surface area contributed by atoms with Crippen LogP contribution in [-0.2, 0) is 0 Å². The van der Waals surface area contributed by atoms with Gasteiger partial charge < -0.3 is 11.1 Å². The Kier molecular flexibility index (Phi) is 3.87. The van der Waals surface area contributed by atoms with Gasteiger partial charge in [-0.25, -0.2) is 0 Å². The van der Waals surface area contributed by atoms with E-state index in [4.69, 9.17) is 11.0 Å². The Hall–Kier alpha value is -1.25. The number of nitrogens with two attached hydrogens (primary N) is 1. The lowest BCUT2D eigenvalue weighted by Gasteiger charge is -2.22. The SMILES string of the molecule is CCN1CCCC1CNc1cc(N)c(C#N)s1. The molecule has 0 amide bonds. The molecule has 3 N–H and O–H groups in total. The minimum Gasteiger partial charge on any atom is -0.397 e. The first-order valence-electron chi connectivity index (χ1n) is 6.02. The van der Waals surface area contributed by atoms with Crippen molar-refractivity contribution in [3.8, 4) is 6.07 Å². The molecule has 1 aliphatic rings. The average Bonchev–Trinajstić information content (AvgIpc) is 2.92. The van der Waals surface area contributed by atoms with Crippen LogP contribution in [0.5, 0.6) is 0 Å². The van der Waals surface area contributed by atoms with Crippen molar-refractivity contribution in [1.29, 1.82) is 5.26 Å². The molecule has 2 heterocycles. The monoisotopic (exact) mass is 250 g/mol. The van der Waals surface area contributed by atoms with E-state index in [1.807, 2.05) is 6.07 Å². The maximum atomic E-state index is 8.84. The first kappa shape index (κ1) is 12.2. The van der Waals surface area contributed by atoms with Gasteiger partial charge in [-0.05, 0) is 32.0 Å². The van der Waals surface area contributed by atoms with Gasteiger partial charge in [0.25, 0.3) is 0 Å². The highest BCUT2D eigenvalue weighted by Gasteiger charge is 2.22. The molecule has 92 valence electrons. The van der Waals surface area contributed by atoms with Crippen LogP contribution in [0, 0.1) is 11.3 Å². The summed E-state index contributed by atoms with van der Waals surface area (Å²) in [7, 11) is 0. The second kappa shape index (κ2) is 5.39. The third-order valence-corrected chi connectivity index (χ3v) is 4.29. The Morgan fingerprint density at radius 3 is 3.18 bits per heavy atom. The average molecular weight is 250 g/mol. The smallest absolute Gasteiger partial charge is 0.129 e. The second-order valence-electron chi connectivity index (χ2n) is 4.31. The molecule has 1 unspecified atom stereocenters. The van der Waals surface area contributed by atoms with Crippen LogP contribution in [0.1, 0.15) is 24.6 Å². The Morgan fingerprint density at radius 1 is 1.71 bits per heavy atom. The maximum absolute atomic E-state index is 8.84. The van der Waals surface area contributed by atoms with E-state index in [9.17, 15) is 0 Å². The number of rotatable bonds is 4. The number of nitrogens with zero attached hydrogens (tertiary/aromatic N) is 2. The summed E-state index contributed by atoms with van der Waals surface area (Å²) in [6, 6.07) is 4.58. The predicted octanol–water partition coefficient (Wildman–Crippen LogP) is 2.10. The van der Waals surface area contributed by atoms with Crippen LogP contribution in [0.3, 0.4) is 0 Å². The molecule has 17 heavy (non-hydrogen) atoms. The minimum absolute atomic E-state index is 0.582. The highest BCUT2D eigenvalue weighted by Crippen LogP contribution is 2.28. The zero-order valence-corrected chi connectivity index (χ0v) is 10.9. The molecular weight excluding hydrogens is 232 g/mol. The van der Waals surface area contributed by atoms with Crippen LogP contribution in [-0.4, -0.2) is 30.6 Å². The fourth-order valence-corrected chi connectivity index (χ4v) is 3.12. The lowest BCUT2D eigenvalue weighted by molar-refractivity contribution is 0.277. The topological polar surface area (TPSA) is 65.1 Å². The van der Waals surface area contributed by atoms with Gasteiger partial charge in [-0.2, -0.15) is 5.26 Å². The summed E-state index contributed by atoms with van der Waals surface area (Å²) in [5.74, 6) is 0. The van der Waals surface area contributed by atoms with Crippen molar-refractivity contribution in [2.24, 2.45) is 0 Å². The van der Waals surface area contributed by atoms with E-state index >= 15 is 0 Å². The summed E-state index contributed by atoms with van der Waals surface area (Å²) in [5.41, 5.74) is 6.31. The summed E-state index contributed by atoms with van der Waals surface area (Å²) < 4.78 is 0. The van der Waals surface area contributed by atoms with Crippen LogP contribution in [0.25, 0.3) is 0 Å². The number of likely N-dealkylation sites (tertiary alicyclic amines) is 1. The molecule has 0 bridgehead atoms. The first-order chi connectivity index (χ1) is 8.24. The van der Waals surface area contributed by atoms with Gasteiger partial charge in [0.15, 0.2) is 0 Å². The third kappa shape index (κ3) is 2.71. The zero-order chi connectivity index (χ0) is 12.3. The molecule has 0 saturated carbocycles. The summed E-state index contributed by atoms with van der Waals surface area (Å²) in [5, 5.41) is 13.2. The fraction of sp³-hybridized carbons (Fsp3) is 0.583. The standard InChI is InChI=1S/C12H18N4S/c1-2-16-5-3-4-9(16)8-15-12-6-10(14)11(7-13)17-12/h6,9,15H,2-5,8,14H2,1H3. The van der Waals surface area contributed by atoms with E-state index in [-0.39, 0.29) is 0 Å². The zero-order valence-electron chi connectivity index (χ0n) is 10.1. The molecule has 0 aromatic carbocycles. The lowest BCUT2D eigenvalue weighted by Crippen LogP contribution is -2.34. The summed E-state index contributed by atoms with van der Waals surface area (Å²) >= 11 is 1.44. The maximum Gasteiger partial charge on any atom is 0.129 e. The van der Waals surface area contributed by atoms with Crippen molar-refractivity contribution < 1.29 is 0 Å². The van der Waals surface area contributed by atoms with Gasteiger partial charge in [-0.1, -0.05) is 6.92 Å². The third-order valence-electron chi connectivity index (χ3n) is 3.28. The highest BCUT2D eigenvalue weighted by molar-refractivity contribution is 7.17. The largest absolute Gasteiger partial charge is 0.397 e. The van der Waals surface area contributed by atoms with E-state index < -0.39 is 0 Å². The summed E-state index contributed by atoms with van der Waals surface area (Å²) in [6.45, 7) is 5.47. The summed E-state index contributed by atoms with van der Waals surface area (Å²) in [6.07, 6.45) is 2.54. The number of nitriles is 1. The molecule has 1 aromatic rings. The molecule has 4 nitrogen and oxygen atoms in total. The van der Waals surface area contributed by atoms with Gasteiger partial charge in [0, 0.05) is 12.6 Å². The van der Waals surface area contributed by atoms with Crippen molar-refractivity contribution in [2.45, 2.75) is 25.8 Å². The van der Waals surface area contributed by atoms with Gasteiger partial charge in [-0.3, -0.25) is 4.90 Å². The van der Waals surface area contributed by atoms with Gasteiger partial charge in [-0.15, -0.1) is 11.3 Å². The van der Waals surface area contributed by atoms with E-state index in [1.54, 1.807) is 0 Å². The van der Waals surface area contributed by atoms with Crippen molar-refractivity contribution in [1.82, 2.24) is 4.90 Å². The van der Waals surface area contributed by atoms with Crippen LogP contribution >= 0.6 is 11.3 Å². The molecule has 0 spiro atoms. The lowest BCUT2D eigenvalue weighted by atomic mass is 10.2. The number of anilines is 2. The second-order valence-corrected chi connectivity index (χ2v) is 5.36. The van der Waals surface area contributed by atoms with Gasteiger partial charge in [0.05, 0.1) is 10.7 Å². The molecule has 1 saturated heterocycles. The van der Waals surface area contributed by atoms with Crippen molar-refractivity contribution >= 4 is 22.0 Å². The van der Waals surface area contributed by atoms with E-state index in [2.05, 4.69) is 23.2 Å². The number of nitrogen functional groups attached to an aromatic ring is 1. The Morgan fingerprint density at radius 2 is 2.53 bits per heavy atom. The summed E-state index contributed by atoms with van der Waals surface area (Å²) in [4.78, 5) is 3.10. The van der Waals surface area contributed by atoms with E-state index in [0.717, 1.165) is 18.1 Å². The highest BCUT2D eigenvalue weighted by atomic mass is 32.1. The van der Waals surface area contributed by atoms with E-state index in [1.165, 1.54) is 30.7 Å². The molecule has 1 fully saturated rings. The minimum atomic E-state index is 0.582. The molecule has 2 rings (SSSR count). The fourth-order valence-electron chi connectivity index (χ4n) is 2.34. The van der Waals surface area contributed by atoms with Crippen LogP contribution < -0.4 is 11.1 Å². The molecule has 0 aliphatic carbocycles. The van der Waals surface area contributed by atoms with Crippen LogP contribution in [0.15, 0.2) is 6.07 Å². The number of likely N-dealkylation sites (N-methyl/N-ethyl adjacent to an activating group) is 1. The Labute approximate surface area is 106 Å². The predicted molar refractivity (Wildman–Crippen MR) is 72.2 cm³/mol. The van der Waals surface area contributed by atoms with Gasteiger partial charge in [0.2, 0.25) is 0 Å². The Bertz CT molecular complexity index is 421. The Balaban J connectivity index is 1.91. The molecule has 1 aromatic heterocycles. The molecular formula is C12H18N4S. The normalized spacial score (nSPS) is 20.4. The van der Waals surface area contributed by atoms with Gasteiger partial charge >= 0.3 is 0 Å². The molecule has 5 heteroatoms. The molecule has 1 aliphatic heterocycles. The molecule has 1 atom stereocenters. The van der Waals surface area contributed by atoms with Gasteiger partial charge in [0.1, 0.15) is 10.9 Å². The molecule has 0 radical (unpaired) electrons. The number of nitrogens with one attached hydrogen (secondary N) is 1. The van der Waals surface area contributed by atoms with Crippen molar-refractivity contribution in [3.63, 3.8) is 0 Å². The van der Waals surface area contributed by atoms with Crippen molar-refractivity contribution in [3.05, 3.63) is 10.9 Å². The van der Waals surface area contributed by atoms with Crippen LogP contribution in [0.2, 0.25) is 0 Å².